The van der Waals surface area contributed by atoms with Gasteiger partial charge in [0, 0.05) is 11.5 Å². The van der Waals surface area contributed by atoms with Crippen LogP contribution < -0.4 is 10.1 Å². The lowest BCUT2D eigenvalue weighted by Gasteiger charge is -2.30. The van der Waals surface area contributed by atoms with Crippen molar-refractivity contribution >= 4 is 16.7 Å². The molecule has 1 saturated carbocycles. The Morgan fingerprint density at radius 3 is 2.67 bits per heavy atom. The van der Waals surface area contributed by atoms with Crippen LogP contribution in [0.1, 0.15) is 29.6 Å². The minimum atomic E-state index is -0.739. The van der Waals surface area contributed by atoms with Crippen LogP contribution in [-0.2, 0) is 4.79 Å². The first-order chi connectivity index (χ1) is 13.2. The first-order valence-electron chi connectivity index (χ1n) is 9.39. The maximum Gasteiger partial charge on any atom is 0.224 e. The summed E-state index contributed by atoms with van der Waals surface area (Å²) in [5, 5.41) is 16.0. The van der Waals surface area contributed by atoms with E-state index >= 15 is 0 Å². The molecule has 1 fully saturated rings. The van der Waals surface area contributed by atoms with Gasteiger partial charge in [-0.2, -0.15) is 0 Å². The number of carbonyl (C=O) groups excluding carboxylic acids is 1. The van der Waals surface area contributed by atoms with Crippen LogP contribution in [0.3, 0.4) is 0 Å². The number of fused-ring (bicyclic) bond motifs is 2. The highest BCUT2D eigenvalue weighted by molar-refractivity contribution is 5.86. The van der Waals surface area contributed by atoms with Gasteiger partial charge in [-0.1, -0.05) is 60.7 Å². The SMILES string of the molecule is O=C(N[C@H]1COc2ccccc2[C@@H]1O)[C@@H]1C[C@H]1c1ccc2ccccc2c1. The highest BCUT2D eigenvalue weighted by atomic mass is 16.5. The lowest BCUT2D eigenvalue weighted by atomic mass is 9.99. The molecule has 0 spiro atoms. The minimum absolute atomic E-state index is 0.000176. The van der Waals surface area contributed by atoms with Crippen LogP contribution >= 0.6 is 0 Å². The molecule has 1 aliphatic carbocycles. The Balaban J connectivity index is 1.27. The average Bonchev–Trinajstić information content (AvgIpc) is 3.51. The molecule has 1 aliphatic heterocycles. The number of benzene rings is 3. The Labute approximate surface area is 157 Å². The lowest BCUT2D eigenvalue weighted by molar-refractivity contribution is -0.124. The van der Waals surface area contributed by atoms with Crippen molar-refractivity contribution in [1.29, 1.82) is 0 Å². The van der Waals surface area contributed by atoms with Crippen molar-refractivity contribution in [3.8, 4) is 5.75 Å². The van der Waals surface area contributed by atoms with Crippen molar-refractivity contribution < 1.29 is 14.6 Å². The minimum Gasteiger partial charge on any atom is -0.491 e. The number of amides is 1. The number of aliphatic hydroxyl groups excluding tert-OH is 1. The van der Waals surface area contributed by atoms with E-state index in [0.29, 0.717) is 5.75 Å². The van der Waals surface area contributed by atoms with Gasteiger partial charge in [0.15, 0.2) is 0 Å². The van der Waals surface area contributed by atoms with Crippen LogP contribution in [-0.4, -0.2) is 23.7 Å². The van der Waals surface area contributed by atoms with Crippen LogP contribution in [0.15, 0.2) is 66.7 Å². The molecular weight excluding hydrogens is 338 g/mol. The third kappa shape index (κ3) is 2.96. The van der Waals surface area contributed by atoms with Crippen LogP contribution in [0.25, 0.3) is 10.8 Å². The molecule has 0 aromatic heterocycles. The number of hydrogen-bond acceptors (Lipinski definition) is 3. The van der Waals surface area contributed by atoms with E-state index in [1.54, 1.807) is 0 Å². The molecule has 2 aliphatic rings. The summed E-state index contributed by atoms with van der Waals surface area (Å²) in [4.78, 5) is 12.7. The van der Waals surface area contributed by atoms with Crippen LogP contribution in [0, 0.1) is 5.92 Å². The van der Waals surface area contributed by atoms with Gasteiger partial charge in [0.2, 0.25) is 5.91 Å². The third-order valence-corrected chi connectivity index (χ3v) is 5.69. The number of carbonyl (C=O) groups is 1. The van der Waals surface area contributed by atoms with Gasteiger partial charge in [-0.3, -0.25) is 4.79 Å². The molecule has 1 heterocycles. The summed E-state index contributed by atoms with van der Waals surface area (Å²) >= 11 is 0. The zero-order valence-electron chi connectivity index (χ0n) is 14.8. The van der Waals surface area contributed by atoms with Crippen molar-refractivity contribution in [2.24, 2.45) is 5.92 Å². The zero-order valence-corrected chi connectivity index (χ0v) is 14.8. The molecule has 1 amide bonds. The molecule has 0 saturated heterocycles. The van der Waals surface area contributed by atoms with Gasteiger partial charge in [0.25, 0.3) is 0 Å². The number of rotatable bonds is 3. The normalized spacial score (nSPS) is 26.1. The number of para-hydroxylation sites is 1. The molecule has 0 radical (unpaired) electrons. The van der Waals surface area contributed by atoms with Crippen molar-refractivity contribution in [2.45, 2.75) is 24.5 Å². The van der Waals surface area contributed by atoms with Crippen molar-refractivity contribution in [1.82, 2.24) is 5.32 Å². The second kappa shape index (κ2) is 6.39. The summed E-state index contributed by atoms with van der Waals surface area (Å²) in [5.41, 5.74) is 1.94. The van der Waals surface area contributed by atoms with Gasteiger partial charge in [0.05, 0.1) is 6.04 Å². The first-order valence-corrected chi connectivity index (χ1v) is 9.39. The van der Waals surface area contributed by atoms with Gasteiger partial charge in [0.1, 0.15) is 18.5 Å². The highest BCUT2D eigenvalue weighted by Gasteiger charge is 2.45. The van der Waals surface area contributed by atoms with Gasteiger partial charge >= 0.3 is 0 Å². The summed E-state index contributed by atoms with van der Waals surface area (Å²) in [6.45, 7) is 0.289. The number of aliphatic hydroxyl groups is 1. The molecular formula is C23H21NO3. The summed E-state index contributed by atoms with van der Waals surface area (Å²) in [5.74, 6) is 0.912. The summed E-state index contributed by atoms with van der Waals surface area (Å²) in [6.07, 6.45) is 0.113. The predicted molar refractivity (Wildman–Crippen MR) is 104 cm³/mol. The van der Waals surface area contributed by atoms with Gasteiger partial charge < -0.3 is 15.2 Å². The van der Waals surface area contributed by atoms with E-state index in [2.05, 4.69) is 35.6 Å². The van der Waals surface area contributed by atoms with Crippen molar-refractivity contribution in [3.63, 3.8) is 0 Å². The number of nitrogens with one attached hydrogen (secondary N) is 1. The van der Waals surface area contributed by atoms with Crippen LogP contribution in [0.2, 0.25) is 0 Å². The Bertz CT molecular complexity index is 1020. The maximum atomic E-state index is 12.7. The second-order valence-electron chi connectivity index (χ2n) is 7.46. The molecule has 4 heteroatoms. The Hall–Kier alpha value is -2.85. The fourth-order valence-electron chi connectivity index (χ4n) is 4.05. The van der Waals surface area contributed by atoms with E-state index < -0.39 is 12.1 Å². The Morgan fingerprint density at radius 1 is 1.00 bits per heavy atom. The summed E-state index contributed by atoms with van der Waals surface area (Å²) in [7, 11) is 0. The molecule has 2 N–H and O–H groups in total. The number of ether oxygens (including phenoxy) is 1. The molecule has 3 aromatic carbocycles. The molecule has 3 aromatic rings. The zero-order chi connectivity index (χ0) is 18.4. The largest absolute Gasteiger partial charge is 0.491 e. The lowest BCUT2D eigenvalue weighted by Crippen LogP contribution is -2.46. The standard InChI is InChI=1S/C23H21NO3/c25-22-17-7-3-4-8-21(17)27-13-20(22)24-23(26)19-12-18(19)16-10-9-14-5-1-2-6-15(14)11-16/h1-11,18-20,22,25H,12-13H2,(H,24,26)/t18-,19+,20-,22-/m0/s1. The van der Waals surface area contributed by atoms with Gasteiger partial charge in [-0.05, 0) is 34.7 Å². The van der Waals surface area contributed by atoms with Crippen molar-refractivity contribution in [3.05, 3.63) is 77.9 Å². The maximum absolute atomic E-state index is 12.7. The molecule has 0 unspecified atom stereocenters. The smallest absolute Gasteiger partial charge is 0.224 e. The Kier molecular flexibility index (Phi) is 3.87. The molecule has 4 nitrogen and oxygen atoms in total. The van der Waals surface area contributed by atoms with Crippen LogP contribution in [0.5, 0.6) is 5.75 Å². The molecule has 0 bridgehead atoms. The molecule has 4 atom stereocenters. The van der Waals surface area contributed by atoms with Crippen molar-refractivity contribution in [2.75, 3.05) is 6.61 Å². The van der Waals surface area contributed by atoms with E-state index in [1.807, 2.05) is 36.4 Å². The average molecular weight is 359 g/mol. The third-order valence-electron chi connectivity index (χ3n) is 5.69. The monoisotopic (exact) mass is 359 g/mol. The molecule has 136 valence electrons. The predicted octanol–water partition coefficient (Wildman–Crippen LogP) is 3.55. The van der Waals surface area contributed by atoms with E-state index in [9.17, 15) is 9.90 Å². The van der Waals surface area contributed by atoms with E-state index in [0.717, 1.165) is 12.0 Å². The van der Waals surface area contributed by atoms with E-state index in [4.69, 9.17) is 4.74 Å². The second-order valence-corrected chi connectivity index (χ2v) is 7.46. The highest BCUT2D eigenvalue weighted by Crippen LogP contribution is 2.48. The topological polar surface area (TPSA) is 58.6 Å². The summed E-state index contributed by atoms with van der Waals surface area (Å²) in [6, 6.07) is 21.7. The quantitative estimate of drug-likeness (QED) is 0.752. The fraction of sp³-hybridized carbons (Fsp3) is 0.261. The Morgan fingerprint density at radius 2 is 1.78 bits per heavy atom. The fourth-order valence-corrected chi connectivity index (χ4v) is 4.05. The van der Waals surface area contributed by atoms with Crippen LogP contribution in [0.4, 0.5) is 0 Å². The summed E-state index contributed by atoms with van der Waals surface area (Å²) < 4.78 is 5.69. The first kappa shape index (κ1) is 16.3. The van der Waals surface area contributed by atoms with E-state index in [-0.39, 0.29) is 24.3 Å². The number of hydrogen-bond donors (Lipinski definition) is 2. The van der Waals surface area contributed by atoms with E-state index in [1.165, 1.54) is 16.3 Å². The molecule has 5 rings (SSSR count). The molecule has 27 heavy (non-hydrogen) atoms. The van der Waals surface area contributed by atoms with Gasteiger partial charge in [-0.25, -0.2) is 0 Å². The van der Waals surface area contributed by atoms with Gasteiger partial charge in [-0.15, -0.1) is 0 Å².